The Balaban J connectivity index is 1.90. The number of carbonyl (C=O) groups excluding carboxylic acids is 1. The lowest BCUT2D eigenvalue weighted by molar-refractivity contribution is 0.0951. The largest absolute Gasteiger partial charge is 0.493 e. The average molecular weight is 350 g/mol. The summed E-state index contributed by atoms with van der Waals surface area (Å²) in [4.78, 5) is 16.3. The van der Waals surface area contributed by atoms with E-state index in [1.807, 2.05) is 5.38 Å². The minimum Gasteiger partial charge on any atom is -0.493 e. The van der Waals surface area contributed by atoms with Crippen LogP contribution in [0.1, 0.15) is 28.9 Å². The van der Waals surface area contributed by atoms with E-state index in [1.165, 1.54) is 11.3 Å². The van der Waals surface area contributed by atoms with Gasteiger partial charge in [-0.15, -0.1) is 11.3 Å². The van der Waals surface area contributed by atoms with Gasteiger partial charge in [0, 0.05) is 31.2 Å². The molecule has 0 spiro atoms. The van der Waals surface area contributed by atoms with E-state index in [9.17, 15) is 4.79 Å². The monoisotopic (exact) mass is 350 g/mol. The van der Waals surface area contributed by atoms with Crippen LogP contribution in [0.4, 0.5) is 0 Å². The van der Waals surface area contributed by atoms with Crippen LogP contribution in [-0.2, 0) is 11.3 Å². The van der Waals surface area contributed by atoms with Gasteiger partial charge in [0.2, 0.25) is 0 Å². The topological polar surface area (TPSA) is 69.7 Å². The van der Waals surface area contributed by atoms with Gasteiger partial charge in [-0.05, 0) is 31.0 Å². The van der Waals surface area contributed by atoms with E-state index < -0.39 is 0 Å². The highest BCUT2D eigenvalue weighted by atomic mass is 32.1. The van der Waals surface area contributed by atoms with Crippen molar-refractivity contribution in [1.29, 1.82) is 0 Å². The fourth-order valence-corrected chi connectivity index (χ4v) is 2.61. The molecule has 0 aliphatic carbocycles. The van der Waals surface area contributed by atoms with Crippen molar-refractivity contribution in [2.45, 2.75) is 19.4 Å². The van der Waals surface area contributed by atoms with Crippen molar-refractivity contribution in [3.05, 3.63) is 40.3 Å². The Morgan fingerprint density at radius 1 is 1.25 bits per heavy atom. The number of hydrogen-bond donors (Lipinski definition) is 1. The molecule has 2 rings (SSSR count). The summed E-state index contributed by atoms with van der Waals surface area (Å²) in [5.41, 5.74) is 3.16. The number of carbonyl (C=O) groups is 1. The highest BCUT2D eigenvalue weighted by Gasteiger charge is 2.11. The first-order valence-electron chi connectivity index (χ1n) is 7.69. The number of nitrogens with zero attached hydrogens (tertiary/aromatic N) is 1. The summed E-state index contributed by atoms with van der Waals surface area (Å²) in [5, 5.41) is 4.81. The van der Waals surface area contributed by atoms with Crippen LogP contribution in [0.5, 0.6) is 11.5 Å². The van der Waals surface area contributed by atoms with Gasteiger partial charge in [0.1, 0.15) is 6.61 Å². The fraction of sp³-hybridized carbons (Fsp3) is 0.412. The van der Waals surface area contributed by atoms with Crippen LogP contribution in [0.3, 0.4) is 0 Å². The van der Waals surface area contributed by atoms with Gasteiger partial charge in [-0.1, -0.05) is 0 Å². The lowest BCUT2D eigenvalue weighted by Gasteiger charge is -2.12. The third-order valence-corrected chi connectivity index (χ3v) is 3.98. The number of unbranched alkanes of at least 4 members (excludes halogenated alkanes) is 1. The molecular formula is C17H22N2O4S. The third kappa shape index (κ3) is 5.50. The van der Waals surface area contributed by atoms with Crippen molar-refractivity contribution < 1.29 is 19.0 Å². The van der Waals surface area contributed by atoms with Crippen LogP contribution < -0.4 is 14.8 Å². The average Bonchev–Trinajstić information content (AvgIpc) is 3.13. The predicted octanol–water partition coefficient (Wildman–Crippen LogP) is 2.89. The summed E-state index contributed by atoms with van der Waals surface area (Å²) < 4.78 is 16.0. The summed E-state index contributed by atoms with van der Waals surface area (Å²) in [6, 6.07) is 5.15. The lowest BCUT2D eigenvalue weighted by atomic mass is 10.2. The summed E-state index contributed by atoms with van der Waals surface area (Å²) >= 11 is 1.52. The SMILES string of the molecule is COCCCCNC(=O)c1ccc(OCc2cscn2)c(OC)c1. The Morgan fingerprint density at radius 2 is 2.12 bits per heavy atom. The van der Waals surface area contributed by atoms with E-state index in [0.717, 1.165) is 18.5 Å². The van der Waals surface area contributed by atoms with Crippen LogP contribution in [0.2, 0.25) is 0 Å². The number of thiazole rings is 1. The normalized spacial score (nSPS) is 10.4. The van der Waals surface area contributed by atoms with Gasteiger partial charge < -0.3 is 19.5 Å². The molecule has 7 heteroatoms. The number of methoxy groups -OCH3 is 2. The quantitative estimate of drug-likeness (QED) is 0.667. The summed E-state index contributed by atoms with van der Waals surface area (Å²) in [6.07, 6.45) is 1.80. The highest BCUT2D eigenvalue weighted by Crippen LogP contribution is 2.28. The first-order chi connectivity index (χ1) is 11.7. The Kier molecular flexibility index (Phi) is 7.51. The molecule has 130 valence electrons. The van der Waals surface area contributed by atoms with Gasteiger partial charge >= 0.3 is 0 Å². The van der Waals surface area contributed by atoms with Crippen LogP contribution in [-0.4, -0.2) is 38.3 Å². The molecule has 0 saturated heterocycles. The van der Waals surface area contributed by atoms with E-state index in [4.69, 9.17) is 14.2 Å². The van der Waals surface area contributed by atoms with Crippen molar-refractivity contribution in [3.8, 4) is 11.5 Å². The molecule has 1 N–H and O–H groups in total. The maximum Gasteiger partial charge on any atom is 0.251 e. The molecule has 0 bridgehead atoms. The molecule has 1 aromatic carbocycles. The fourth-order valence-electron chi connectivity index (χ4n) is 2.06. The maximum atomic E-state index is 12.2. The zero-order chi connectivity index (χ0) is 17.2. The van der Waals surface area contributed by atoms with Gasteiger partial charge in [0.25, 0.3) is 5.91 Å². The van der Waals surface area contributed by atoms with E-state index in [2.05, 4.69) is 10.3 Å². The lowest BCUT2D eigenvalue weighted by Crippen LogP contribution is -2.24. The summed E-state index contributed by atoms with van der Waals surface area (Å²) in [7, 11) is 3.22. The van der Waals surface area contributed by atoms with Crippen LogP contribution in [0.25, 0.3) is 0 Å². The van der Waals surface area contributed by atoms with Gasteiger partial charge in [-0.3, -0.25) is 4.79 Å². The molecule has 24 heavy (non-hydrogen) atoms. The third-order valence-electron chi connectivity index (χ3n) is 3.35. The van der Waals surface area contributed by atoms with Crippen molar-refractivity contribution in [3.63, 3.8) is 0 Å². The zero-order valence-corrected chi connectivity index (χ0v) is 14.7. The number of nitrogens with one attached hydrogen (secondary N) is 1. The Morgan fingerprint density at radius 3 is 2.83 bits per heavy atom. The molecule has 2 aromatic rings. The van der Waals surface area contributed by atoms with Crippen LogP contribution in [0, 0.1) is 0 Å². The molecule has 6 nitrogen and oxygen atoms in total. The van der Waals surface area contributed by atoms with E-state index in [-0.39, 0.29) is 5.91 Å². The molecule has 1 aromatic heterocycles. The van der Waals surface area contributed by atoms with Crippen LogP contribution >= 0.6 is 11.3 Å². The molecular weight excluding hydrogens is 328 g/mol. The van der Waals surface area contributed by atoms with Crippen LogP contribution in [0.15, 0.2) is 29.1 Å². The summed E-state index contributed by atoms with van der Waals surface area (Å²) in [6.45, 7) is 1.69. The predicted molar refractivity (Wildman–Crippen MR) is 92.9 cm³/mol. The number of benzene rings is 1. The Hall–Kier alpha value is -2.12. The van der Waals surface area contributed by atoms with E-state index in [1.54, 1.807) is 37.9 Å². The van der Waals surface area contributed by atoms with Crippen molar-refractivity contribution in [2.75, 3.05) is 27.4 Å². The molecule has 0 radical (unpaired) electrons. The first kappa shape index (κ1) is 18.2. The van der Waals surface area contributed by atoms with Gasteiger partial charge in [0.15, 0.2) is 11.5 Å². The standard InChI is InChI=1S/C17H22N2O4S/c1-21-8-4-3-7-18-17(20)13-5-6-15(16(9-13)22-2)23-10-14-11-24-12-19-14/h5-6,9,11-12H,3-4,7-8,10H2,1-2H3,(H,18,20). The van der Waals surface area contributed by atoms with Gasteiger partial charge in [-0.2, -0.15) is 0 Å². The maximum absolute atomic E-state index is 12.2. The number of amides is 1. The minimum atomic E-state index is -0.128. The Bertz CT molecular complexity index is 632. The molecule has 0 unspecified atom stereocenters. The molecule has 1 amide bonds. The van der Waals surface area contributed by atoms with E-state index >= 15 is 0 Å². The van der Waals surface area contributed by atoms with Gasteiger partial charge in [-0.25, -0.2) is 4.98 Å². The van der Waals surface area contributed by atoms with E-state index in [0.29, 0.717) is 36.8 Å². The van der Waals surface area contributed by atoms with Crippen molar-refractivity contribution in [1.82, 2.24) is 10.3 Å². The second-order valence-corrected chi connectivity index (χ2v) is 5.81. The molecule has 1 heterocycles. The number of ether oxygens (including phenoxy) is 3. The smallest absolute Gasteiger partial charge is 0.251 e. The molecule has 0 aliphatic rings. The summed E-state index contributed by atoms with van der Waals surface area (Å²) in [5.74, 6) is 0.983. The molecule has 0 fully saturated rings. The van der Waals surface area contributed by atoms with Crippen molar-refractivity contribution in [2.24, 2.45) is 0 Å². The molecule has 0 aliphatic heterocycles. The minimum absolute atomic E-state index is 0.128. The second-order valence-electron chi connectivity index (χ2n) is 5.09. The molecule has 0 saturated carbocycles. The number of aromatic nitrogens is 1. The van der Waals surface area contributed by atoms with Crippen molar-refractivity contribution >= 4 is 17.2 Å². The highest BCUT2D eigenvalue weighted by molar-refractivity contribution is 7.07. The number of hydrogen-bond acceptors (Lipinski definition) is 6. The van der Waals surface area contributed by atoms with Gasteiger partial charge in [0.05, 0.1) is 18.3 Å². The Labute approximate surface area is 145 Å². The second kappa shape index (κ2) is 9.89. The zero-order valence-electron chi connectivity index (χ0n) is 13.9. The number of rotatable bonds is 10. The molecule has 0 atom stereocenters. The first-order valence-corrected chi connectivity index (χ1v) is 8.64.